The lowest BCUT2D eigenvalue weighted by Crippen LogP contribution is -2.14. The van der Waals surface area contributed by atoms with Crippen molar-refractivity contribution in [3.05, 3.63) is 70.8 Å². The average molecular weight is 361 g/mol. The third-order valence-corrected chi connectivity index (χ3v) is 3.41. The highest BCUT2D eigenvalue weighted by Crippen LogP contribution is 2.17. The highest BCUT2D eigenvalue weighted by Gasteiger charge is 2.12. The van der Waals surface area contributed by atoms with E-state index < -0.39 is 11.7 Å². The van der Waals surface area contributed by atoms with Gasteiger partial charge < -0.3 is 5.32 Å². The number of pyridine rings is 1. The zero-order valence-electron chi connectivity index (χ0n) is 11.2. The molecule has 2 aromatic heterocycles. The Bertz CT molecular complexity index is 803. The molecule has 2 heterocycles. The maximum atomic E-state index is 13.7. The number of carbonyl (C=O) groups excluding carboxylic acids is 1. The van der Waals surface area contributed by atoms with Crippen molar-refractivity contribution in [2.75, 3.05) is 5.32 Å². The van der Waals surface area contributed by atoms with Gasteiger partial charge in [-0.25, -0.2) is 14.1 Å². The number of hydrogen-bond acceptors (Lipinski definition) is 3. The van der Waals surface area contributed by atoms with Crippen molar-refractivity contribution >= 4 is 27.5 Å². The predicted octanol–water partition coefficient (Wildman–Crippen LogP) is 3.42. The van der Waals surface area contributed by atoms with Crippen LogP contribution in [-0.4, -0.2) is 20.7 Å². The molecule has 3 aromatic rings. The van der Waals surface area contributed by atoms with Crippen LogP contribution in [0.4, 0.5) is 10.1 Å². The molecular weight excluding hydrogens is 351 g/mol. The van der Waals surface area contributed by atoms with Gasteiger partial charge in [0.2, 0.25) is 0 Å². The molecule has 1 aromatic carbocycles. The Labute approximate surface area is 133 Å². The first-order valence-electron chi connectivity index (χ1n) is 6.36. The van der Waals surface area contributed by atoms with Gasteiger partial charge in [0.1, 0.15) is 5.82 Å². The first-order valence-corrected chi connectivity index (χ1v) is 7.15. The summed E-state index contributed by atoms with van der Waals surface area (Å²) in [6.07, 6.45) is 4.90. The van der Waals surface area contributed by atoms with E-state index >= 15 is 0 Å². The zero-order chi connectivity index (χ0) is 15.5. The van der Waals surface area contributed by atoms with Gasteiger partial charge in [-0.05, 0) is 36.4 Å². The van der Waals surface area contributed by atoms with Crippen LogP contribution in [0.25, 0.3) is 5.82 Å². The van der Waals surface area contributed by atoms with E-state index in [1.807, 2.05) is 0 Å². The van der Waals surface area contributed by atoms with E-state index in [1.165, 1.54) is 18.3 Å². The van der Waals surface area contributed by atoms with Crippen LogP contribution in [0.2, 0.25) is 0 Å². The smallest absolute Gasteiger partial charge is 0.258 e. The molecule has 1 amide bonds. The number of hydrogen-bond donors (Lipinski definition) is 1. The molecule has 0 aliphatic carbocycles. The summed E-state index contributed by atoms with van der Waals surface area (Å²) in [5, 5.41) is 6.66. The van der Waals surface area contributed by atoms with Crippen LogP contribution in [0.15, 0.2) is 59.5 Å². The van der Waals surface area contributed by atoms with Crippen molar-refractivity contribution < 1.29 is 9.18 Å². The summed E-state index contributed by atoms with van der Waals surface area (Å²) >= 11 is 3.15. The van der Waals surface area contributed by atoms with Crippen LogP contribution < -0.4 is 5.32 Å². The van der Waals surface area contributed by atoms with Gasteiger partial charge in [0.15, 0.2) is 5.82 Å². The van der Waals surface area contributed by atoms with Gasteiger partial charge in [0, 0.05) is 16.9 Å². The molecule has 0 aliphatic rings. The highest BCUT2D eigenvalue weighted by molar-refractivity contribution is 9.10. The number of halogens is 2. The third kappa shape index (κ3) is 3.04. The van der Waals surface area contributed by atoms with E-state index in [9.17, 15) is 9.18 Å². The second-order valence-corrected chi connectivity index (χ2v) is 5.35. The number of rotatable bonds is 3. The fourth-order valence-electron chi connectivity index (χ4n) is 1.87. The number of nitrogens with one attached hydrogen (secondary N) is 1. The van der Waals surface area contributed by atoms with Crippen LogP contribution in [0.3, 0.4) is 0 Å². The molecule has 0 fully saturated rings. The standard InChI is InChI=1S/C15H10BrFN4O/c16-10-2-4-12(13(17)8-10)15(22)20-11-3-5-14(18-9-11)21-7-1-6-19-21/h1-9H,(H,20,22). The third-order valence-electron chi connectivity index (χ3n) is 2.92. The molecular formula is C15H10BrFN4O. The molecule has 0 bridgehead atoms. The Morgan fingerprint density at radius 2 is 2.14 bits per heavy atom. The molecule has 0 aliphatic heterocycles. The summed E-state index contributed by atoms with van der Waals surface area (Å²) in [6, 6.07) is 9.44. The first-order chi connectivity index (χ1) is 10.6. The fraction of sp³-hybridized carbons (Fsp3) is 0. The summed E-state index contributed by atoms with van der Waals surface area (Å²) in [5.74, 6) is -0.496. The molecule has 22 heavy (non-hydrogen) atoms. The van der Waals surface area contributed by atoms with Gasteiger partial charge in [0.25, 0.3) is 5.91 Å². The molecule has 0 spiro atoms. The van der Waals surface area contributed by atoms with Crippen LogP contribution in [0.1, 0.15) is 10.4 Å². The van der Waals surface area contributed by atoms with E-state index in [2.05, 4.69) is 31.3 Å². The summed E-state index contributed by atoms with van der Waals surface area (Å²) < 4.78 is 15.9. The SMILES string of the molecule is O=C(Nc1ccc(-n2cccn2)nc1)c1ccc(Br)cc1F. The van der Waals surface area contributed by atoms with E-state index in [1.54, 1.807) is 41.3 Å². The van der Waals surface area contributed by atoms with E-state index in [0.29, 0.717) is 16.0 Å². The number of anilines is 1. The lowest BCUT2D eigenvalue weighted by Gasteiger charge is -2.07. The van der Waals surface area contributed by atoms with Crippen molar-refractivity contribution in [1.82, 2.24) is 14.8 Å². The van der Waals surface area contributed by atoms with E-state index in [4.69, 9.17) is 0 Å². The Balaban J connectivity index is 1.77. The molecule has 1 N–H and O–H groups in total. The van der Waals surface area contributed by atoms with E-state index in [-0.39, 0.29) is 5.56 Å². The molecule has 3 rings (SSSR count). The second kappa shape index (κ2) is 6.07. The Hall–Kier alpha value is -2.54. The Morgan fingerprint density at radius 3 is 2.77 bits per heavy atom. The quantitative estimate of drug-likeness (QED) is 0.778. The number of nitrogens with zero attached hydrogens (tertiary/aromatic N) is 3. The monoisotopic (exact) mass is 360 g/mol. The molecule has 0 radical (unpaired) electrons. The van der Waals surface area contributed by atoms with Gasteiger partial charge >= 0.3 is 0 Å². The minimum absolute atomic E-state index is 0.0284. The predicted molar refractivity (Wildman–Crippen MR) is 83.4 cm³/mol. The first kappa shape index (κ1) is 14.4. The Kier molecular flexibility index (Phi) is 3.97. The maximum Gasteiger partial charge on any atom is 0.258 e. The van der Waals surface area contributed by atoms with Crippen molar-refractivity contribution in [2.45, 2.75) is 0 Å². The minimum atomic E-state index is -0.590. The largest absolute Gasteiger partial charge is 0.320 e. The molecule has 0 atom stereocenters. The van der Waals surface area contributed by atoms with Gasteiger partial charge in [-0.3, -0.25) is 4.79 Å². The second-order valence-electron chi connectivity index (χ2n) is 4.43. The van der Waals surface area contributed by atoms with Crippen molar-refractivity contribution in [2.24, 2.45) is 0 Å². The zero-order valence-corrected chi connectivity index (χ0v) is 12.8. The summed E-state index contributed by atoms with van der Waals surface area (Å²) in [7, 11) is 0. The van der Waals surface area contributed by atoms with Crippen molar-refractivity contribution in [3.63, 3.8) is 0 Å². The van der Waals surface area contributed by atoms with Gasteiger partial charge in [0.05, 0.1) is 17.4 Å². The average Bonchev–Trinajstić information content (AvgIpc) is 3.02. The molecule has 7 heteroatoms. The molecule has 5 nitrogen and oxygen atoms in total. The van der Waals surface area contributed by atoms with Crippen LogP contribution in [-0.2, 0) is 0 Å². The molecule has 0 saturated heterocycles. The number of amides is 1. The normalized spacial score (nSPS) is 10.5. The number of benzene rings is 1. The fourth-order valence-corrected chi connectivity index (χ4v) is 2.21. The number of carbonyl (C=O) groups is 1. The maximum absolute atomic E-state index is 13.7. The highest BCUT2D eigenvalue weighted by atomic mass is 79.9. The van der Waals surface area contributed by atoms with Crippen molar-refractivity contribution in [3.8, 4) is 5.82 Å². The van der Waals surface area contributed by atoms with E-state index in [0.717, 1.165) is 0 Å². The summed E-state index contributed by atoms with van der Waals surface area (Å²) in [6.45, 7) is 0. The topological polar surface area (TPSA) is 59.8 Å². The van der Waals surface area contributed by atoms with Crippen LogP contribution in [0.5, 0.6) is 0 Å². The van der Waals surface area contributed by atoms with Gasteiger partial charge in [-0.1, -0.05) is 15.9 Å². The molecule has 0 unspecified atom stereocenters. The van der Waals surface area contributed by atoms with Gasteiger partial charge in [-0.2, -0.15) is 5.10 Å². The van der Waals surface area contributed by atoms with Crippen molar-refractivity contribution in [1.29, 1.82) is 0 Å². The summed E-state index contributed by atoms with van der Waals surface area (Å²) in [5.41, 5.74) is 0.447. The summed E-state index contributed by atoms with van der Waals surface area (Å²) in [4.78, 5) is 16.2. The molecule has 0 saturated carbocycles. The van der Waals surface area contributed by atoms with Crippen LogP contribution >= 0.6 is 15.9 Å². The Morgan fingerprint density at radius 1 is 1.27 bits per heavy atom. The lowest BCUT2D eigenvalue weighted by atomic mass is 10.2. The lowest BCUT2D eigenvalue weighted by molar-refractivity contribution is 0.102. The minimum Gasteiger partial charge on any atom is -0.320 e. The molecule has 110 valence electrons. The van der Waals surface area contributed by atoms with Crippen LogP contribution in [0, 0.1) is 5.82 Å². The number of aromatic nitrogens is 3. The van der Waals surface area contributed by atoms with Gasteiger partial charge in [-0.15, -0.1) is 0 Å².